The SMILES string of the molecule is N#C/C(=C\c1c(OCc2ccccc2)ccc2ccccc12)C(=O)c1ccccc1. The van der Waals surface area contributed by atoms with Gasteiger partial charge in [0.25, 0.3) is 0 Å². The van der Waals surface area contributed by atoms with E-state index in [1.807, 2.05) is 72.8 Å². The standard InChI is InChI=1S/C27H19NO2/c28-18-23(27(29)22-12-5-2-6-13-22)17-25-24-14-8-7-11-21(24)15-16-26(25)30-19-20-9-3-1-4-10-20/h1-17H,19H2/b23-17+. The Labute approximate surface area is 175 Å². The van der Waals surface area contributed by atoms with Crippen LogP contribution >= 0.6 is 0 Å². The maximum Gasteiger partial charge on any atom is 0.203 e. The number of nitriles is 1. The van der Waals surface area contributed by atoms with E-state index in [0.29, 0.717) is 17.9 Å². The second-order valence-electron chi connectivity index (χ2n) is 6.84. The van der Waals surface area contributed by atoms with Crippen molar-refractivity contribution in [3.8, 4) is 11.8 Å². The highest BCUT2D eigenvalue weighted by Gasteiger charge is 2.15. The highest BCUT2D eigenvalue weighted by Crippen LogP contribution is 2.31. The minimum absolute atomic E-state index is 0.0714. The predicted molar refractivity (Wildman–Crippen MR) is 119 cm³/mol. The van der Waals surface area contributed by atoms with Crippen LogP contribution in [0.5, 0.6) is 5.75 Å². The van der Waals surface area contributed by atoms with Crippen LogP contribution in [-0.4, -0.2) is 5.78 Å². The maximum absolute atomic E-state index is 12.9. The summed E-state index contributed by atoms with van der Waals surface area (Å²) in [7, 11) is 0. The highest BCUT2D eigenvalue weighted by molar-refractivity contribution is 6.15. The number of Topliss-reactive ketones (excluding diaryl/α,β-unsaturated/α-hetero) is 1. The van der Waals surface area contributed by atoms with Crippen LogP contribution in [0.3, 0.4) is 0 Å². The van der Waals surface area contributed by atoms with Crippen LogP contribution in [0.1, 0.15) is 21.5 Å². The summed E-state index contributed by atoms with van der Waals surface area (Å²) in [5.74, 6) is 0.325. The number of carbonyl (C=O) groups is 1. The summed E-state index contributed by atoms with van der Waals surface area (Å²) in [6.07, 6.45) is 1.64. The number of rotatable bonds is 6. The van der Waals surface area contributed by atoms with E-state index in [1.54, 1.807) is 30.3 Å². The van der Waals surface area contributed by atoms with Gasteiger partial charge in [0.2, 0.25) is 5.78 Å². The largest absolute Gasteiger partial charge is 0.488 e. The van der Waals surface area contributed by atoms with E-state index in [-0.39, 0.29) is 11.4 Å². The van der Waals surface area contributed by atoms with Crippen LogP contribution in [0.4, 0.5) is 0 Å². The lowest BCUT2D eigenvalue weighted by molar-refractivity contribution is 0.104. The monoisotopic (exact) mass is 389 g/mol. The van der Waals surface area contributed by atoms with Crippen molar-refractivity contribution >= 4 is 22.6 Å². The number of ketones is 1. The molecular formula is C27H19NO2. The van der Waals surface area contributed by atoms with Crippen molar-refractivity contribution in [2.75, 3.05) is 0 Å². The fourth-order valence-corrected chi connectivity index (χ4v) is 3.32. The van der Waals surface area contributed by atoms with E-state index in [1.165, 1.54) is 0 Å². The van der Waals surface area contributed by atoms with Gasteiger partial charge in [-0.05, 0) is 28.5 Å². The summed E-state index contributed by atoms with van der Waals surface area (Å²) in [5, 5.41) is 11.7. The smallest absolute Gasteiger partial charge is 0.203 e. The van der Waals surface area contributed by atoms with Crippen molar-refractivity contribution in [1.29, 1.82) is 5.26 Å². The molecule has 30 heavy (non-hydrogen) atoms. The molecular weight excluding hydrogens is 370 g/mol. The number of allylic oxidation sites excluding steroid dienone is 1. The molecule has 0 atom stereocenters. The minimum Gasteiger partial charge on any atom is -0.488 e. The molecule has 0 aliphatic carbocycles. The van der Waals surface area contributed by atoms with Crippen LogP contribution in [0, 0.1) is 11.3 Å². The molecule has 0 aliphatic heterocycles. The Kier molecular flexibility index (Phi) is 5.68. The van der Waals surface area contributed by atoms with Crippen LogP contribution in [0.2, 0.25) is 0 Å². The molecule has 0 unspecified atom stereocenters. The van der Waals surface area contributed by atoms with Gasteiger partial charge >= 0.3 is 0 Å². The predicted octanol–water partition coefficient (Wildman–Crippen LogP) is 6.21. The van der Waals surface area contributed by atoms with Crippen molar-refractivity contribution < 1.29 is 9.53 Å². The molecule has 0 heterocycles. The summed E-state index contributed by atoms with van der Waals surface area (Å²) >= 11 is 0. The van der Waals surface area contributed by atoms with E-state index in [4.69, 9.17) is 4.74 Å². The van der Waals surface area contributed by atoms with Gasteiger partial charge in [0.05, 0.1) is 0 Å². The molecule has 0 fully saturated rings. The summed E-state index contributed by atoms with van der Waals surface area (Å²) in [5.41, 5.74) is 2.32. The molecule has 0 aliphatic rings. The number of benzene rings is 4. The van der Waals surface area contributed by atoms with Crippen molar-refractivity contribution in [2.24, 2.45) is 0 Å². The Morgan fingerprint density at radius 3 is 2.23 bits per heavy atom. The van der Waals surface area contributed by atoms with E-state index in [2.05, 4.69) is 6.07 Å². The summed E-state index contributed by atoms with van der Waals surface area (Å²) in [4.78, 5) is 12.9. The van der Waals surface area contributed by atoms with E-state index in [9.17, 15) is 10.1 Å². The topological polar surface area (TPSA) is 50.1 Å². The lowest BCUT2D eigenvalue weighted by atomic mass is 9.98. The summed E-state index contributed by atoms with van der Waals surface area (Å²) in [6.45, 7) is 0.397. The molecule has 4 aromatic carbocycles. The molecule has 0 spiro atoms. The fourth-order valence-electron chi connectivity index (χ4n) is 3.32. The third-order valence-corrected chi connectivity index (χ3v) is 4.86. The number of carbonyl (C=O) groups excluding carboxylic acids is 1. The van der Waals surface area contributed by atoms with E-state index in [0.717, 1.165) is 21.9 Å². The third-order valence-electron chi connectivity index (χ3n) is 4.86. The molecule has 144 valence electrons. The first-order valence-electron chi connectivity index (χ1n) is 9.66. The summed E-state index contributed by atoms with van der Waals surface area (Å²) in [6, 6.07) is 32.5. The quantitative estimate of drug-likeness (QED) is 0.224. The average Bonchev–Trinajstić information content (AvgIpc) is 2.82. The Balaban J connectivity index is 1.78. The first-order valence-corrected chi connectivity index (χ1v) is 9.66. The van der Waals surface area contributed by atoms with Crippen LogP contribution < -0.4 is 4.74 Å². The zero-order valence-corrected chi connectivity index (χ0v) is 16.3. The molecule has 0 aromatic heterocycles. The molecule has 0 saturated carbocycles. The molecule has 3 heteroatoms. The molecule has 0 saturated heterocycles. The molecule has 0 bridgehead atoms. The number of fused-ring (bicyclic) bond motifs is 1. The number of hydrogen-bond acceptors (Lipinski definition) is 3. The Morgan fingerprint density at radius 2 is 1.50 bits per heavy atom. The van der Waals surface area contributed by atoms with Gasteiger partial charge in [-0.3, -0.25) is 4.79 Å². The van der Waals surface area contributed by atoms with Gasteiger partial charge in [-0.2, -0.15) is 5.26 Å². The van der Waals surface area contributed by atoms with Gasteiger partial charge in [-0.25, -0.2) is 0 Å². The Morgan fingerprint density at radius 1 is 0.833 bits per heavy atom. The molecule has 0 amide bonds. The zero-order chi connectivity index (χ0) is 20.8. The third kappa shape index (κ3) is 4.14. The van der Waals surface area contributed by atoms with Crippen LogP contribution in [-0.2, 0) is 6.61 Å². The molecule has 4 aromatic rings. The van der Waals surface area contributed by atoms with Crippen molar-refractivity contribution in [3.05, 3.63) is 119 Å². The van der Waals surface area contributed by atoms with Crippen molar-refractivity contribution in [2.45, 2.75) is 6.61 Å². The zero-order valence-electron chi connectivity index (χ0n) is 16.3. The first kappa shape index (κ1) is 19.2. The molecule has 0 N–H and O–H groups in total. The Hall–Kier alpha value is -4.16. The molecule has 4 rings (SSSR count). The van der Waals surface area contributed by atoms with Crippen molar-refractivity contribution in [1.82, 2.24) is 0 Å². The van der Waals surface area contributed by atoms with E-state index < -0.39 is 0 Å². The van der Waals surface area contributed by atoms with Crippen LogP contribution in [0.15, 0.2) is 103 Å². The fraction of sp³-hybridized carbons (Fsp3) is 0.0370. The normalized spacial score (nSPS) is 11.1. The number of ether oxygens (including phenoxy) is 1. The van der Waals surface area contributed by atoms with Gasteiger partial charge in [-0.15, -0.1) is 0 Å². The van der Waals surface area contributed by atoms with Gasteiger partial charge < -0.3 is 4.74 Å². The van der Waals surface area contributed by atoms with Gasteiger partial charge in [-0.1, -0.05) is 91.0 Å². The van der Waals surface area contributed by atoms with Crippen molar-refractivity contribution in [3.63, 3.8) is 0 Å². The van der Waals surface area contributed by atoms with E-state index >= 15 is 0 Å². The lowest BCUT2D eigenvalue weighted by Gasteiger charge is -2.13. The number of hydrogen-bond donors (Lipinski definition) is 0. The second-order valence-corrected chi connectivity index (χ2v) is 6.84. The highest BCUT2D eigenvalue weighted by atomic mass is 16.5. The lowest BCUT2D eigenvalue weighted by Crippen LogP contribution is -2.02. The first-order chi connectivity index (χ1) is 14.8. The number of nitrogens with zero attached hydrogens (tertiary/aromatic N) is 1. The maximum atomic E-state index is 12.9. The van der Waals surface area contributed by atoms with Gasteiger partial charge in [0, 0.05) is 11.1 Å². The molecule has 3 nitrogen and oxygen atoms in total. The molecule has 0 radical (unpaired) electrons. The van der Waals surface area contributed by atoms with Gasteiger partial charge in [0.1, 0.15) is 24.0 Å². The Bertz CT molecular complexity index is 1250. The summed E-state index contributed by atoms with van der Waals surface area (Å²) < 4.78 is 6.10. The second kappa shape index (κ2) is 8.89. The average molecular weight is 389 g/mol. The minimum atomic E-state index is -0.306. The van der Waals surface area contributed by atoms with Crippen LogP contribution in [0.25, 0.3) is 16.8 Å². The van der Waals surface area contributed by atoms with Gasteiger partial charge in [0.15, 0.2) is 0 Å².